The summed E-state index contributed by atoms with van der Waals surface area (Å²) in [6, 6.07) is 116. The topological polar surface area (TPSA) is 88.1 Å². The van der Waals surface area contributed by atoms with Crippen LogP contribution in [0.3, 0.4) is 0 Å². The molecule has 0 saturated heterocycles. The van der Waals surface area contributed by atoms with Crippen molar-refractivity contribution in [2.75, 3.05) is 0 Å². The van der Waals surface area contributed by atoms with Crippen molar-refractivity contribution in [3.8, 4) is 23.0 Å². The lowest BCUT2D eigenvalue weighted by atomic mass is 10.2. The van der Waals surface area contributed by atoms with Crippen LogP contribution in [0.4, 0.5) is 0 Å². The Hall–Kier alpha value is -10.0. The molecule has 0 aliphatic carbocycles. The highest BCUT2D eigenvalue weighted by Gasteiger charge is 2.32. The van der Waals surface area contributed by atoms with Crippen molar-refractivity contribution in [2.45, 2.75) is 99.8 Å². The van der Waals surface area contributed by atoms with E-state index in [1.54, 1.807) is 13.2 Å². The van der Waals surface area contributed by atoms with Crippen LogP contribution >= 0.6 is 0 Å². The summed E-state index contributed by atoms with van der Waals surface area (Å²) in [5.74, 6) is 1.75. The van der Waals surface area contributed by atoms with Gasteiger partial charge in [0, 0.05) is 13.3 Å². The van der Waals surface area contributed by atoms with Crippen molar-refractivity contribution in [1.29, 1.82) is 0 Å². The van der Waals surface area contributed by atoms with E-state index in [0.29, 0.717) is 23.7 Å². The summed E-state index contributed by atoms with van der Waals surface area (Å²) in [5.41, 5.74) is 0. The van der Waals surface area contributed by atoms with Gasteiger partial charge >= 0.3 is 17.9 Å². The van der Waals surface area contributed by atoms with Crippen molar-refractivity contribution in [1.82, 2.24) is 0 Å². The number of carbonyl (C=O) groups excluding carboxylic acids is 3. The zero-order valence-corrected chi connectivity index (χ0v) is 57.0. The zero-order valence-electron chi connectivity index (χ0n) is 53.8. The zero-order chi connectivity index (χ0) is 66.4. The Morgan fingerprint density at radius 3 is 0.726 bits per heavy atom. The molecule has 11 heteroatoms. The molecule has 0 bridgehead atoms. The van der Waals surface area contributed by atoms with Crippen LogP contribution in [0, 0.1) is 5.92 Å². The third kappa shape index (κ3) is 21.0. The van der Waals surface area contributed by atoms with Crippen LogP contribution in [-0.2, 0) is 58.0 Å². The summed E-state index contributed by atoms with van der Waals surface area (Å²) in [6.45, 7) is 8.81. The second-order valence-electron chi connectivity index (χ2n) is 21.2. The van der Waals surface area contributed by atoms with Gasteiger partial charge in [0.1, 0.15) is 23.0 Å². The molecule has 474 valence electrons. The van der Waals surface area contributed by atoms with E-state index >= 15 is 0 Å². The molecule has 0 aromatic heterocycles. The Morgan fingerprint density at radius 1 is 0.305 bits per heavy atom. The number of esters is 3. The molecule has 0 unspecified atom stereocenters. The summed E-state index contributed by atoms with van der Waals surface area (Å²) in [7, 11) is -0.641. The Balaban J connectivity index is 0.000000149. The fraction of sp³-hybridized carbons (Fsp3) is 0.0833. The minimum atomic E-state index is -0.303. The highest BCUT2D eigenvalue weighted by molar-refractivity contribution is 7.98. The Labute approximate surface area is 571 Å². The number of ether oxygens (including phenoxy) is 4. The van der Waals surface area contributed by atoms with Gasteiger partial charge in [-0.15, -0.1) is 0 Å². The first-order valence-electron chi connectivity index (χ1n) is 31.2. The van der Waals surface area contributed by atoms with Gasteiger partial charge in [-0.25, -0.2) is 0 Å². The van der Waals surface area contributed by atoms with Gasteiger partial charge in [0.25, 0.3) is 0 Å². The summed E-state index contributed by atoms with van der Waals surface area (Å²) in [6.07, 6.45) is 3.95. The van der Waals surface area contributed by atoms with Crippen LogP contribution in [0.25, 0.3) is 0 Å². The molecule has 0 radical (unpaired) electrons. The second kappa shape index (κ2) is 37.0. The van der Waals surface area contributed by atoms with Gasteiger partial charge in [-0.2, -0.15) is 0 Å². The van der Waals surface area contributed by atoms with E-state index in [1.165, 1.54) is 65.7 Å². The Kier molecular flexibility index (Phi) is 27.0. The van der Waals surface area contributed by atoms with Gasteiger partial charge in [-0.05, 0) is 201 Å². The first kappa shape index (κ1) is 69.3. The molecular formula is C84H76O7S4+4. The van der Waals surface area contributed by atoms with E-state index in [2.05, 4.69) is 218 Å². The minimum Gasteiger partial charge on any atom is -0.465 e. The summed E-state index contributed by atoms with van der Waals surface area (Å²) in [4.78, 5) is 49.3. The maximum atomic E-state index is 11.8. The van der Waals surface area contributed by atoms with Crippen LogP contribution < -0.4 is 18.9 Å². The van der Waals surface area contributed by atoms with E-state index in [1.807, 2.05) is 148 Å². The molecule has 0 fully saturated rings. The average molecular weight is 1330 g/mol. The number of hydrogen-bond acceptors (Lipinski definition) is 7. The monoisotopic (exact) mass is 1320 g/mol. The molecule has 7 nitrogen and oxygen atoms in total. The van der Waals surface area contributed by atoms with E-state index < -0.39 is 0 Å². The Morgan fingerprint density at radius 2 is 0.516 bits per heavy atom. The van der Waals surface area contributed by atoms with Crippen molar-refractivity contribution < 1.29 is 33.3 Å². The van der Waals surface area contributed by atoms with Crippen LogP contribution in [-0.4, -0.2) is 17.9 Å². The average Bonchev–Trinajstić information content (AvgIpc) is 1.15. The summed E-state index contributed by atoms with van der Waals surface area (Å²) < 4.78 is 21.3. The lowest BCUT2D eigenvalue weighted by Crippen LogP contribution is -2.14. The van der Waals surface area contributed by atoms with Crippen LogP contribution in [0.15, 0.2) is 411 Å². The fourth-order valence-corrected chi connectivity index (χ4v) is 17.8. The van der Waals surface area contributed by atoms with Crippen molar-refractivity contribution in [2.24, 2.45) is 5.92 Å². The molecule has 0 aliphatic heterocycles. The van der Waals surface area contributed by atoms with Crippen molar-refractivity contribution in [3.05, 3.63) is 352 Å². The van der Waals surface area contributed by atoms with Gasteiger partial charge < -0.3 is 18.9 Å². The number of rotatable bonds is 19. The van der Waals surface area contributed by atoms with E-state index in [-0.39, 0.29) is 67.4 Å². The third-order valence-corrected chi connectivity index (χ3v) is 22.8. The molecule has 0 saturated carbocycles. The Bertz CT molecular complexity index is 4070. The standard InChI is InChI=1S/C22H21O2S.C21H19O2S.C21H19OS.C20H17O2S/c1-17(2)22(23)24-18-13-15-21(16-14-18)25(19-9-5-3-6-10-19)20-11-7-4-8-12-20;1-2-21(22)23-17-13-15-20(16-14-17)24(18-9-5-3-6-10-18)19-11-7-4-8-12-19;1-2-17-22-18-13-15-21(16-14-18)23(19-9-5-3-6-10-19)20-11-7-4-8-12-20;1-16(21)22-17-12-14-20(15-13-17)23(18-8-4-2-5-9-18)19-10-6-3-7-11-19/h3-17H,1-2H3;3-16H,2H2,1H3;2-17H,1H3;2-15H,1H3/q4*+1/b;;17-2+;. The van der Waals surface area contributed by atoms with Gasteiger partial charge in [0.15, 0.2) is 58.7 Å². The van der Waals surface area contributed by atoms with E-state index in [0.717, 1.165) is 5.75 Å². The lowest BCUT2D eigenvalue weighted by molar-refractivity contribution is -0.138. The molecule has 95 heavy (non-hydrogen) atoms. The van der Waals surface area contributed by atoms with Gasteiger partial charge in [-0.1, -0.05) is 172 Å². The number of allylic oxidation sites excluding steroid dienone is 1. The maximum absolute atomic E-state index is 11.8. The molecule has 0 spiro atoms. The first-order chi connectivity index (χ1) is 46.5. The van der Waals surface area contributed by atoms with Gasteiger partial charge in [0.2, 0.25) is 0 Å². The van der Waals surface area contributed by atoms with E-state index in [9.17, 15) is 14.4 Å². The third-order valence-electron chi connectivity index (χ3n) is 13.9. The fourth-order valence-electron chi connectivity index (χ4n) is 9.42. The first-order valence-corrected chi connectivity index (χ1v) is 36.1. The molecule has 0 heterocycles. The molecule has 0 atom stereocenters. The second-order valence-corrected chi connectivity index (χ2v) is 29.3. The highest BCUT2D eigenvalue weighted by atomic mass is 32.2. The van der Waals surface area contributed by atoms with E-state index in [4.69, 9.17) is 18.9 Å². The maximum Gasteiger partial charge on any atom is 0.313 e. The van der Waals surface area contributed by atoms with Crippen LogP contribution in [0.1, 0.15) is 41.0 Å². The minimum absolute atomic E-state index is 0.102. The molecule has 0 N–H and O–H groups in total. The number of carbonyl (C=O) groups is 3. The molecular weight excluding hydrogens is 1250 g/mol. The normalized spacial score (nSPS) is 10.8. The largest absolute Gasteiger partial charge is 0.465 e. The summed E-state index contributed by atoms with van der Waals surface area (Å²) >= 11 is 0. The smallest absolute Gasteiger partial charge is 0.313 e. The molecule has 0 aliphatic rings. The molecule has 12 aromatic carbocycles. The molecule has 0 amide bonds. The van der Waals surface area contributed by atoms with Gasteiger partial charge in [-0.3, -0.25) is 14.4 Å². The number of benzene rings is 12. The SMILES string of the molecule is C/C=C/Oc1ccc([S+](c2ccccc2)c2ccccc2)cc1.CC(=O)Oc1ccc([S+](c2ccccc2)c2ccccc2)cc1.CC(C)C(=O)Oc1ccc([S+](c2ccccc2)c2ccccc2)cc1.CCC(=O)Oc1ccc([S+](c2ccccc2)c2ccccc2)cc1. The quantitative estimate of drug-likeness (QED) is 0.0345. The highest BCUT2D eigenvalue weighted by Crippen LogP contribution is 2.36. The lowest BCUT2D eigenvalue weighted by Gasteiger charge is -2.09. The van der Waals surface area contributed by atoms with Crippen LogP contribution in [0.2, 0.25) is 0 Å². The van der Waals surface area contributed by atoms with Crippen molar-refractivity contribution >= 4 is 61.5 Å². The number of hydrogen-bond donors (Lipinski definition) is 0. The predicted octanol–water partition coefficient (Wildman–Crippen LogP) is 20.8. The molecule has 12 rings (SSSR count). The predicted molar refractivity (Wildman–Crippen MR) is 389 cm³/mol. The van der Waals surface area contributed by atoms with Gasteiger partial charge in [0.05, 0.1) is 55.8 Å². The van der Waals surface area contributed by atoms with Crippen molar-refractivity contribution in [3.63, 3.8) is 0 Å². The molecule has 12 aromatic rings. The summed E-state index contributed by atoms with van der Waals surface area (Å²) in [5, 5.41) is 0. The van der Waals surface area contributed by atoms with Crippen LogP contribution in [0.5, 0.6) is 23.0 Å².